The van der Waals surface area contributed by atoms with E-state index in [-0.39, 0.29) is 12.0 Å². The van der Waals surface area contributed by atoms with Gasteiger partial charge in [-0.05, 0) is 51.1 Å². The van der Waals surface area contributed by atoms with Gasteiger partial charge in [0.2, 0.25) is 0 Å². The Bertz CT molecular complexity index is 847. The number of aliphatic hydroxyl groups is 1. The standard InChI is InChI=1S/C23H31ClN4O3/c1-17(2)31-16-19(29)15-27-10-5-11-28(13-12-27)22-9-8-18(14-25-22)26-23(30)20-6-3-4-7-21(20)24/h3-4,6-9,14,17,19,29H,5,10-13,15-16H2,1-2H3,(H,26,30). The van der Waals surface area contributed by atoms with Crippen molar-refractivity contribution in [3.05, 3.63) is 53.2 Å². The molecule has 1 aromatic carbocycles. The molecule has 0 saturated carbocycles. The second kappa shape index (κ2) is 11.4. The number of hydrogen-bond acceptors (Lipinski definition) is 6. The summed E-state index contributed by atoms with van der Waals surface area (Å²) >= 11 is 6.09. The van der Waals surface area contributed by atoms with Crippen molar-refractivity contribution < 1.29 is 14.6 Å². The van der Waals surface area contributed by atoms with Gasteiger partial charge in [-0.15, -0.1) is 0 Å². The van der Waals surface area contributed by atoms with E-state index in [0.29, 0.717) is 29.4 Å². The zero-order valence-corrected chi connectivity index (χ0v) is 18.9. The number of nitrogens with one attached hydrogen (secondary N) is 1. The Balaban J connectivity index is 1.52. The SMILES string of the molecule is CC(C)OCC(O)CN1CCCN(c2ccc(NC(=O)c3ccccc3Cl)cn2)CC1. The Morgan fingerprint density at radius 2 is 2.00 bits per heavy atom. The first kappa shape index (κ1) is 23.5. The van der Waals surface area contributed by atoms with Gasteiger partial charge in [0.15, 0.2) is 0 Å². The third kappa shape index (κ3) is 7.18. The lowest BCUT2D eigenvalue weighted by Gasteiger charge is -2.24. The molecule has 2 N–H and O–H groups in total. The second-order valence-corrected chi connectivity index (χ2v) is 8.42. The van der Waals surface area contributed by atoms with E-state index >= 15 is 0 Å². The molecule has 7 nitrogen and oxygen atoms in total. The van der Waals surface area contributed by atoms with Crippen molar-refractivity contribution in [3.63, 3.8) is 0 Å². The van der Waals surface area contributed by atoms with Crippen LogP contribution in [-0.2, 0) is 4.74 Å². The van der Waals surface area contributed by atoms with Crippen LogP contribution < -0.4 is 10.2 Å². The number of halogens is 1. The van der Waals surface area contributed by atoms with Gasteiger partial charge in [-0.25, -0.2) is 4.98 Å². The molecule has 1 fully saturated rings. The Labute approximate surface area is 189 Å². The van der Waals surface area contributed by atoms with Gasteiger partial charge in [0.05, 0.1) is 41.3 Å². The quantitative estimate of drug-likeness (QED) is 0.648. The molecule has 1 atom stereocenters. The summed E-state index contributed by atoms with van der Waals surface area (Å²) in [5.74, 6) is 0.617. The van der Waals surface area contributed by atoms with Crippen molar-refractivity contribution in [2.75, 3.05) is 49.5 Å². The van der Waals surface area contributed by atoms with Gasteiger partial charge in [0.1, 0.15) is 5.82 Å². The summed E-state index contributed by atoms with van der Waals surface area (Å²) in [6.45, 7) is 8.42. The summed E-state index contributed by atoms with van der Waals surface area (Å²) in [4.78, 5) is 21.4. The first-order valence-electron chi connectivity index (χ1n) is 10.7. The fraction of sp³-hybridized carbons (Fsp3) is 0.478. The fourth-order valence-electron chi connectivity index (χ4n) is 3.53. The van der Waals surface area contributed by atoms with Crippen molar-refractivity contribution in [1.29, 1.82) is 0 Å². The van der Waals surface area contributed by atoms with Crippen molar-refractivity contribution >= 4 is 29.0 Å². The molecule has 1 unspecified atom stereocenters. The first-order chi connectivity index (χ1) is 14.9. The van der Waals surface area contributed by atoms with Gasteiger partial charge in [-0.1, -0.05) is 23.7 Å². The Kier molecular flexibility index (Phi) is 8.66. The second-order valence-electron chi connectivity index (χ2n) is 8.02. The zero-order valence-electron chi connectivity index (χ0n) is 18.1. The van der Waals surface area contributed by atoms with Gasteiger partial charge in [0.25, 0.3) is 5.91 Å². The lowest BCUT2D eigenvalue weighted by atomic mass is 10.2. The Morgan fingerprint density at radius 3 is 2.71 bits per heavy atom. The van der Waals surface area contributed by atoms with Crippen LogP contribution in [0.15, 0.2) is 42.6 Å². The van der Waals surface area contributed by atoms with Crippen LogP contribution in [0.4, 0.5) is 11.5 Å². The highest BCUT2D eigenvalue weighted by atomic mass is 35.5. The number of hydrogen-bond donors (Lipinski definition) is 2. The average Bonchev–Trinajstić information content (AvgIpc) is 2.98. The van der Waals surface area contributed by atoms with E-state index < -0.39 is 6.10 Å². The molecule has 2 aromatic rings. The summed E-state index contributed by atoms with van der Waals surface area (Å²) in [6, 6.07) is 10.7. The first-order valence-corrected chi connectivity index (χ1v) is 11.1. The summed E-state index contributed by atoms with van der Waals surface area (Å²) in [5, 5.41) is 13.4. The molecular weight excluding hydrogens is 416 g/mol. The number of aliphatic hydroxyl groups excluding tert-OH is 1. The summed E-state index contributed by atoms with van der Waals surface area (Å²) in [6.07, 6.45) is 2.30. The van der Waals surface area contributed by atoms with Crippen LogP contribution in [0.25, 0.3) is 0 Å². The van der Waals surface area contributed by atoms with E-state index in [2.05, 4.69) is 20.1 Å². The van der Waals surface area contributed by atoms with Gasteiger partial charge in [-0.2, -0.15) is 0 Å². The average molecular weight is 447 g/mol. The van der Waals surface area contributed by atoms with Crippen LogP contribution in [0.3, 0.4) is 0 Å². The topological polar surface area (TPSA) is 77.9 Å². The van der Waals surface area contributed by atoms with E-state index in [9.17, 15) is 9.90 Å². The number of carbonyl (C=O) groups is 1. The maximum atomic E-state index is 12.4. The minimum absolute atomic E-state index is 0.123. The number of pyridine rings is 1. The third-order valence-electron chi connectivity index (χ3n) is 5.13. The highest BCUT2D eigenvalue weighted by Crippen LogP contribution is 2.19. The maximum Gasteiger partial charge on any atom is 0.257 e. The number of aromatic nitrogens is 1. The predicted octanol–water partition coefficient (Wildman–Crippen LogP) is 3.29. The maximum absolute atomic E-state index is 12.4. The molecule has 1 aliphatic rings. The van der Waals surface area contributed by atoms with Crippen molar-refractivity contribution in [3.8, 4) is 0 Å². The van der Waals surface area contributed by atoms with E-state index in [4.69, 9.17) is 16.3 Å². The largest absolute Gasteiger partial charge is 0.389 e. The molecule has 0 radical (unpaired) electrons. The lowest BCUT2D eigenvalue weighted by Crippen LogP contribution is -2.38. The molecule has 0 bridgehead atoms. The molecule has 31 heavy (non-hydrogen) atoms. The number of β-amino-alcohol motifs (C(OH)–C–C–N with tert-alkyl or cyclic N) is 1. The molecule has 168 valence electrons. The van der Waals surface area contributed by atoms with Gasteiger partial charge in [0, 0.05) is 26.2 Å². The molecule has 2 heterocycles. The van der Waals surface area contributed by atoms with E-state index in [0.717, 1.165) is 38.4 Å². The van der Waals surface area contributed by atoms with Crippen LogP contribution in [0.1, 0.15) is 30.6 Å². The van der Waals surface area contributed by atoms with Crippen LogP contribution in [0, 0.1) is 0 Å². The normalized spacial score (nSPS) is 16.2. The molecular formula is C23H31ClN4O3. The summed E-state index contributed by atoms with van der Waals surface area (Å²) in [5.41, 5.74) is 1.06. The molecule has 0 spiro atoms. The number of ether oxygens (including phenoxy) is 1. The van der Waals surface area contributed by atoms with Gasteiger partial charge in [-0.3, -0.25) is 9.69 Å². The monoisotopic (exact) mass is 446 g/mol. The van der Waals surface area contributed by atoms with Gasteiger partial charge < -0.3 is 20.1 Å². The number of nitrogens with zero attached hydrogens (tertiary/aromatic N) is 3. The number of carbonyl (C=O) groups excluding carboxylic acids is 1. The van der Waals surface area contributed by atoms with E-state index in [1.54, 1.807) is 30.5 Å². The molecule has 1 aromatic heterocycles. The van der Waals surface area contributed by atoms with E-state index in [1.165, 1.54) is 0 Å². The molecule has 0 aliphatic carbocycles. The van der Waals surface area contributed by atoms with Crippen molar-refractivity contribution in [2.24, 2.45) is 0 Å². The number of benzene rings is 1. The number of anilines is 2. The smallest absolute Gasteiger partial charge is 0.257 e. The van der Waals surface area contributed by atoms with Crippen LogP contribution in [0.2, 0.25) is 5.02 Å². The molecule has 1 saturated heterocycles. The van der Waals surface area contributed by atoms with Crippen molar-refractivity contribution in [1.82, 2.24) is 9.88 Å². The fourth-order valence-corrected chi connectivity index (χ4v) is 3.75. The number of amides is 1. The van der Waals surface area contributed by atoms with Gasteiger partial charge >= 0.3 is 0 Å². The summed E-state index contributed by atoms with van der Waals surface area (Å²) < 4.78 is 5.51. The molecule has 3 rings (SSSR count). The summed E-state index contributed by atoms with van der Waals surface area (Å²) in [7, 11) is 0. The van der Waals surface area contributed by atoms with E-state index in [1.807, 2.05) is 26.0 Å². The molecule has 1 amide bonds. The van der Waals surface area contributed by atoms with Crippen LogP contribution in [0.5, 0.6) is 0 Å². The van der Waals surface area contributed by atoms with Crippen LogP contribution >= 0.6 is 11.6 Å². The Morgan fingerprint density at radius 1 is 1.19 bits per heavy atom. The number of rotatable bonds is 8. The minimum Gasteiger partial charge on any atom is -0.389 e. The lowest BCUT2D eigenvalue weighted by molar-refractivity contribution is -0.00766. The predicted molar refractivity (Wildman–Crippen MR) is 124 cm³/mol. The minimum atomic E-state index is -0.479. The third-order valence-corrected chi connectivity index (χ3v) is 5.46. The zero-order chi connectivity index (χ0) is 22.2. The highest BCUT2D eigenvalue weighted by molar-refractivity contribution is 6.34. The van der Waals surface area contributed by atoms with Crippen LogP contribution in [-0.4, -0.2) is 72.4 Å². The Hall–Kier alpha value is -2.19. The van der Waals surface area contributed by atoms with Crippen molar-refractivity contribution in [2.45, 2.75) is 32.5 Å². The molecule has 8 heteroatoms. The molecule has 1 aliphatic heterocycles. The highest BCUT2D eigenvalue weighted by Gasteiger charge is 2.19.